The zero-order chi connectivity index (χ0) is 17.3. The summed E-state index contributed by atoms with van der Waals surface area (Å²) in [5.41, 5.74) is 2.42. The SMILES string of the molecule is Cc1c(N[C@H](C)C(=O)N2CCNC2=O)cnn1-c1cccc(Cl)c1. The van der Waals surface area contributed by atoms with E-state index in [-0.39, 0.29) is 11.9 Å². The molecule has 2 N–H and O–H groups in total. The topological polar surface area (TPSA) is 79.3 Å². The van der Waals surface area contributed by atoms with E-state index >= 15 is 0 Å². The largest absolute Gasteiger partial charge is 0.371 e. The van der Waals surface area contributed by atoms with Gasteiger partial charge in [0.1, 0.15) is 6.04 Å². The van der Waals surface area contributed by atoms with Crippen LogP contribution in [-0.4, -0.2) is 45.8 Å². The molecule has 0 bridgehead atoms. The molecule has 0 radical (unpaired) electrons. The molecule has 24 heavy (non-hydrogen) atoms. The van der Waals surface area contributed by atoms with Gasteiger partial charge in [-0.25, -0.2) is 9.48 Å². The second kappa shape index (κ2) is 6.52. The lowest BCUT2D eigenvalue weighted by atomic mass is 10.2. The number of aromatic nitrogens is 2. The molecule has 2 heterocycles. The molecule has 0 saturated carbocycles. The van der Waals surface area contributed by atoms with Crippen LogP contribution in [0.5, 0.6) is 0 Å². The van der Waals surface area contributed by atoms with E-state index in [4.69, 9.17) is 11.6 Å². The Labute approximate surface area is 144 Å². The lowest BCUT2D eigenvalue weighted by Crippen LogP contribution is -2.43. The molecule has 1 aliphatic heterocycles. The Morgan fingerprint density at radius 2 is 2.25 bits per heavy atom. The monoisotopic (exact) mass is 347 g/mol. The molecular formula is C16H18ClN5O2. The highest BCUT2D eigenvalue weighted by Gasteiger charge is 2.30. The van der Waals surface area contributed by atoms with E-state index in [1.54, 1.807) is 23.9 Å². The fraction of sp³-hybridized carbons (Fsp3) is 0.312. The van der Waals surface area contributed by atoms with Crippen molar-refractivity contribution >= 4 is 29.2 Å². The molecule has 0 spiro atoms. The van der Waals surface area contributed by atoms with Crippen molar-refractivity contribution in [2.75, 3.05) is 18.4 Å². The van der Waals surface area contributed by atoms with Crippen molar-refractivity contribution in [3.05, 3.63) is 41.2 Å². The number of urea groups is 1. The summed E-state index contributed by atoms with van der Waals surface area (Å²) < 4.78 is 1.74. The summed E-state index contributed by atoms with van der Waals surface area (Å²) in [5.74, 6) is -0.264. The number of nitrogens with zero attached hydrogens (tertiary/aromatic N) is 3. The third-order valence-corrected chi connectivity index (χ3v) is 4.16. The minimum Gasteiger partial charge on any atom is -0.371 e. The normalized spacial score (nSPS) is 15.3. The number of anilines is 1. The van der Waals surface area contributed by atoms with Crippen LogP contribution in [0.2, 0.25) is 5.02 Å². The Hall–Kier alpha value is -2.54. The highest BCUT2D eigenvalue weighted by atomic mass is 35.5. The van der Waals surface area contributed by atoms with Gasteiger partial charge in [0.15, 0.2) is 0 Å². The van der Waals surface area contributed by atoms with Crippen LogP contribution >= 0.6 is 11.6 Å². The maximum Gasteiger partial charge on any atom is 0.324 e. The molecule has 3 rings (SSSR count). The molecule has 2 aromatic rings. The van der Waals surface area contributed by atoms with Crippen LogP contribution in [0.3, 0.4) is 0 Å². The van der Waals surface area contributed by atoms with Gasteiger partial charge in [-0.3, -0.25) is 9.69 Å². The molecule has 1 aromatic heterocycles. The summed E-state index contributed by atoms with van der Waals surface area (Å²) in [7, 11) is 0. The van der Waals surface area contributed by atoms with Gasteiger partial charge in [-0.05, 0) is 32.0 Å². The zero-order valence-corrected chi connectivity index (χ0v) is 14.2. The third kappa shape index (κ3) is 3.07. The number of benzene rings is 1. The number of hydrogen-bond donors (Lipinski definition) is 2. The van der Waals surface area contributed by atoms with Crippen LogP contribution in [0.4, 0.5) is 10.5 Å². The van der Waals surface area contributed by atoms with Crippen molar-refractivity contribution in [2.24, 2.45) is 0 Å². The van der Waals surface area contributed by atoms with Gasteiger partial charge >= 0.3 is 6.03 Å². The zero-order valence-electron chi connectivity index (χ0n) is 13.4. The van der Waals surface area contributed by atoms with Gasteiger partial charge in [0.05, 0.1) is 23.3 Å². The van der Waals surface area contributed by atoms with Gasteiger partial charge in [0.2, 0.25) is 0 Å². The van der Waals surface area contributed by atoms with E-state index in [2.05, 4.69) is 15.7 Å². The van der Waals surface area contributed by atoms with E-state index in [0.717, 1.165) is 17.1 Å². The van der Waals surface area contributed by atoms with Crippen LogP contribution in [-0.2, 0) is 4.79 Å². The van der Waals surface area contributed by atoms with E-state index in [1.165, 1.54) is 4.90 Å². The highest BCUT2D eigenvalue weighted by molar-refractivity contribution is 6.30. The number of imide groups is 1. The molecule has 1 atom stereocenters. The Balaban J connectivity index is 1.76. The lowest BCUT2D eigenvalue weighted by Gasteiger charge is -2.19. The maximum absolute atomic E-state index is 12.4. The number of carbonyl (C=O) groups excluding carboxylic acids is 2. The van der Waals surface area contributed by atoms with Crippen molar-refractivity contribution in [1.29, 1.82) is 0 Å². The molecular weight excluding hydrogens is 330 g/mol. The average Bonchev–Trinajstić information content (AvgIpc) is 3.13. The quantitative estimate of drug-likeness (QED) is 0.888. The van der Waals surface area contributed by atoms with E-state index in [1.807, 2.05) is 25.1 Å². The molecule has 1 aromatic carbocycles. The predicted molar refractivity (Wildman–Crippen MR) is 91.5 cm³/mol. The summed E-state index contributed by atoms with van der Waals surface area (Å²) in [6.07, 6.45) is 1.66. The van der Waals surface area contributed by atoms with Crippen LogP contribution in [0, 0.1) is 6.92 Å². The summed E-state index contributed by atoms with van der Waals surface area (Å²) >= 11 is 6.02. The number of hydrogen-bond acceptors (Lipinski definition) is 4. The fourth-order valence-corrected chi connectivity index (χ4v) is 2.81. The molecule has 1 fully saturated rings. The van der Waals surface area contributed by atoms with Gasteiger partial charge < -0.3 is 10.6 Å². The van der Waals surface area contributed by atoms with Crippen LogP contribution in [0.25, 0.3) is 5.69 Å². The molecule has 7 nitrogen and oxygen atoms in total. The summed E-state index contributed by atoms with van der Waals surface area (Å²) in [4.78, 5) is 25.2. The van der Waals surface area contributed by atoms with Gasteiger partial charge in [-0.15, -0.1) is 0 Å². The summed E-state index contributed by atoms with van der Waals surface area (Å²) in [6.45, 7) is 4.51. The molecule has 0 unspecified atom stereocenters. The van der Waals surface area contributed by atoms with Crippen molar-refractivity contribution in [2.45, 2.75) is 19.9 Å². The number of rotatable bonds is 4. The molecule has 1 aliphatic rings. The fourth-order valence-electron chi connectivity index (χ4n) is 2.63. The Morgan fingerprint density at radius 3 is 2.92 bits per heavy atom. The number of nitrogens with one attached hydrogen (secondary N) is 2. The van der Waals surface area contributed by atoms with Crippen LogP contribution < -0.4 is 10.6 Å². The maximum atomic E-state index is 12.4. The van der Waals surface area contributed by atoms with Gasteiger partial charge in [0, 0.05) is 18.1 Å². The molecule has 8 heteroatoms. The van der Waals surface area contributed by atoms with Gasteiger partial charge in [-0.2, -0.15) is 5.10 Å². The summed E-state index contributed by atoms with van der Waals surface area (Å²) in [6, 6.07) is 6.48. The molecule has 0 aliphatic carbocycles. The average molecular weight is 348 g/mol. The highest BCUT2D eigenvalue weighted by Crippen LogP contribution is 2.21. The summed E-state index contributed by atoms with van der Waals surface area (Å²) in [5, 5.41) is 10.7. The Kier molecular flexibility index (Phi) is 4.44. The van der Waals surface area contributed by atoms with Crippen molar-refractivity contribution < 1.29 is 9.59 Å². The Morgan fingerprint density at radius 1 is 1.46 bits per heavy atom. The first kappa shape index (κ1) is 16.3. The molecule has 126 valence electrons. The first-order valence-corrected chi connectivity index (χ1v) is 8.01. The Bertz CT molecular complexity index is 789. The van der Waals surface area contributed by atoms with Crippen molar-refractivity contribution in [3.63, 3.8) is 0 Å². The predicted octanol–water partition coefficient (Wildman–Crippen LogP) is 2.19. The smallest absolute Gasteiger partial charge is 0.324 e. The van der Waals surface area contributed by atoms with E-state index in [9.17, 15) is 9.59 Å². The van der Waals surface area contributed by atoms with Crippen LogP contribution in [0.1, 0.15) is 12.6 Å². The standard InChI is InChI=1S/C16H18ClN5O2/c1-10(15(23)21-7-6-18-16(21)24)20-14-9-19-22(11(14)2)13-5-3-4-12(17)8-13/h3-5,8-10,20H,6-7H2,1-2H3,(H,18,24)/t10-/m1/s1. The second-order valence-corrected chi connectivity index (χ2v) is 6.06. The van der Waals surface area contributed by atoms with Crippen molar-refractivity contribution in [3.8, 4) is 5.69 Å². The second-order valence-electron chi connectivity index (χ2n) is 5.62. The van der Waals surface area contributed by atoms with Crippen molar-refractivity contribution in [1.82, 2.24) is 20.0 Å². The number of halogens is 1. The lowest BCUT2D eigenvalue weighted by molar-refractivity contribution is -0.128. The van der Waals surface area contributed by atoms with Gasteiger partial charge in [-0.1, -0.05) is 17.7 Å². The minimum atomic E-state index is -0.537. The molecule has 3 amide bonds. The van der Waals surface area contributed by atoms with E-state index < -0.39 is 6.04 Å². The first-order valence-electron chi connectivity index (χ1n) is 7.63. The third-order valence-electron chi connectivity index (χ3n) is 3.93. The van der Waals surface area contributed by atoms with Crippen LogP contribution in [0.15, 0.2) is 30.5 Å². The van der Waals surface area contributed by atoms with E-state index in [0.29, 0.717) is 18.1 Å². The van der Waals surface area contributed by atoms with Gasteiger partial charge in [0.25, 0.3) is 5.91 Å². The number of carbonyl (C=O) groups is 2. The first-order chi connectivity index (χ1) is 11.5. The number of amides is 3. The molecule has 1 saturated heterocycles. The minimum absolute atomic E-state index is 0.264.